The maximum atomic E-state index is 12.4. The molecule has 1 aromatic carbocycles. The van der Waals surface area contributed by atoms with Gasteiger partial charge in [-0.1, -0.05) is 25.1 Å². The Balaban J connectivity index is 3.22. The molecule has 0 aliphatic rings. The highest BCUT2D eigenvalue weighted by molar-refractivity contribution is 7.89. The summed E-state index contributed by atoms with van der Waals surface area (Å²) in [6.45, 7) is 4.05. The average Bonchev–Trinajstić information content (AvgIpc) is 2.36. The van der Waals surface area contributed by atoms with E-state index in [9.17, 15) is 8.42 Å². The molecule has 0 bridgehead atoms. The lowest BCUT2D eigenvalue weighted by atomic mass is 10.2. The predicted molar refractivity (Wildman–Crippen MR) is 69.3 cm³/mol. The SMILES string of the molecule is CCc1ccccc1S(=O)(=O)N(C)C(C)CN. The van der Waals surface area contributed by atoms with Crippen LogP contribution in [0.25, 0.3) is 0 Å². The molecule has 96 valence electrons. The van der Waals surface area contributed by atoms with Gasteiger partial charge in [-0.25, -0.2) is 8.42 Å². The molecular weight excluding hydrogens is 236 g/mol. The van der Waals surface area contributed by atoms with Crippen LogP contribution >= 0.6 is 0 Å². The predicted octanol–water partition coefficient (Wildman–Crippen LogP) is 1.22. The normalized spacial score (nSPS) is 13.9. The standard InChI is InChI=1S/C12H20N2O2S/c1-4-11-7-5-6-8-12(11)17(15,16)14(3)10(2)9-13/h5-8,10H,4,9,13H2,1-3H3. The maximum absolute atomic E-state index is 12.4. The summed E-state index contributed by atoms with van der Waals surface area (Å²) in [7, 11) is -1.87. The van der Waals surface area contributed by atoms with Crippen molar-refractivity contribution in [3.63, 3.8) is 0 Å². The van der Waals surface area contributed by atoms with Crippen LogP contribution in [0.2, 0.25) is 0 Å². The monoisotopic (exact) mass is 256 g/mol. The van der Waals surface area contributed by atoms with Crippen LogP contribution in [0, 0.1) is 0 Å². The van der Waals surface area contributed by atoms with Crippen molar-refractivity contribution in [1.29, 1.82) is 0 Å². The van der Waals surface area contributed by atoms with Gasteiger partial charge in [0.15, 0.2) is 0 Å². The highest BCUT2D eigenvalue weighted by Gasteiger charge is 2.26. The molecule has 0 heterocycles. The van der Waals surface area contributed by atoms with E-state index in [1.807, 2.05) is 19.1 Å². The molecule has 0 radical (unpaired) electrons. The topological polar surface area (TPSA) is 63.4 Å². The summed E-state index contributed by atoms with van der Waals surface area (Å²) in [5.41, 5.74) is 6.35. The number of nitrogens with two attached hydrogens (primary N) is 1. The summed E-state index contributed by atoms with van der Waals surface area (Å²) in [6, 6.07) is 6.88. The van der Waals surface area contributed by atoms with E-state index in [1.54, 1.807) is 26.1 Å². The number of likely N-dealkylation sites (N-methyl/N-ethyl adjacent to an activating group) is 1. The van der Waals surface area contributed by atoms with Crippen molar-refractivity contribution in [3.05, 3.63) is 29.8 Å². The summed E-state index contributed by atoms with van der Waals surface area (Å²) < 4.78 is 26.1. The van der Waals surface area contributed by atoms with Crippen molar-refractivity contribution in [2.24, 2.45) is 5.73 Å². The van der Waals surface area contributed by atoms with Crippen LogP contribution in [-0.4, -0.2) is 32.4 Å². The van der Waals surface area contributed by atoms with Crippen molar-refractivity contribution in [2.45, 2.75) is 31.2 Å². The second-order valence-electron chi connectivity index (χ2n) is 4.07. The fraction of sp³-hybridized carbons (Fsp3) is 0.500. The van der Waals surface area contributed by atoms with E-state index in [-0.39, 0.29) is 6.04 Å². The van der Waals surface area contributed by atoms with Crippen LogP contribution in [0.3, 0.4) is 0 Å². The first kappa shape index (κ1) is 14.2. The third-order valence-electron chi connectivity index (χ3n) is 2.97. The number of sulfonamides is 1. The first-order chi connectivity index (χ1) is 7.95. The lowest BCUT2D eigenvalue weighted by Gasteiger charge is -2.24. The van der Waals surface area contributed by atoms with Crippen molar-refractivity contribution < 1.29 is 8.42 Å². The number of aryl methyl sites for hydroxylation is 1. The summed E-state index contributed by atoms with van der Waals surface area (Å²) in [5.74, 6) is 0. The Morgan fingerprint density at radius 3 is 2.47 bits per heavy atom. The van der Waals surface area contributed by atoms with Gasteiger partial charge in [-0.3, -0.25) is 0 Å². The minimum Gasteiger partial charge on any atom is -0.329 e. The van der Waals surface area contributed by atoms with Crippen molar-refractivity contribution in [3.8, 4) is 0 Å². The van der Waals surface area contributed by atoms with Crippen molar-refractivity contribution in [1.82, 2.24) is 4.31 Å². The second-order valence-corrected chi connectivity index (χ2v) is 6.03. The maximum Gasteiger partial charge on any atom is 0.243 e. The van der Waals surface area contributed by atoms with E-state index in [1.165, 1.54) is 4.31 Å². The van der Waals surface area contributed by atoms with Gasteiger partial charge in [0.05, 0.1) is 4.90 Å². The third-order valence-corrected chi connectivity index (χ3v) is 5.04. The molecule has 0 aliphatic heterocycles. The van der Waals surface area contributed by atoms with Crippen LogP contribution in [0.5, 0.6) is 0 Å². The summed E-state index contributed by atoms with van der Waals surface area (Å²) in [6.07, 6.45) is 0.695. The van der Waals surface area contributed by atoms with Crippen molar-refractivity contribution >= 4 is 10.0 Å². The highest BCUT2D eigenvalue weighted by Crippen LogP contribution is 2.20. The molecule has 1 unspecified atom stereocenters. The van der Waals surface area contributed by atoms with Gasteiger partial charge >= 0.3 is 0 Å². The largest absolute Gasteiger partial charge is 0.329 e. The number of rotatable bonds is 5. The fourth-order valence-electron chi connectivity index (χ4n) is 1.59. The van der Waals surface area contributed by atoms with E-state index in [4.69, 9.17) is 5.73 Å². The minimum atomic E-state index is -3.44. The Morgan fingerprint density at radius 2 is 1.94 bits per heavy atom. The molecule has 0 saturated carbocycles. The van der Waals surface area contributed by atoms with E-state index < -0.39 is 10.0 Å². The van der Waals surface area contributed by atoms with Crippen LogP contribution in [-0.2, 0) is 16.4 Å². The molecule has 0 amide bonds. The van der Waals surface area contributed by atoms with Gasteiger partial charge in [0, 0.05) is 19.6 Å². The zero-order chi connectivity index (χ0) is 13.1. The fourth-order valence-corrected chi connectivity index (χ4v) is 3.25. The summed E-state index contributed by atoms with van der Waals surface area (Å²) in [4.78, 5) is 0.380. The molecule has 0 aromatic heterocycles. The second kappa shape index (κ2) is 5.62. The van der Waals surface area contributed by atoms with Gasteiger partial charge in [0.2, 0.25) is 10.0 Å². The zero-order valence-corrected chi connectivity index (χ0v) is 11.4. The Morgan fingerprint density at radius 1 is 1.35 bits per heavy atom. The van der Waals surface area contributed by atoms with Crippen LogP contribution in [0.1, 0.15) is 19.4 Å². The molecular formula is C12H20N2O2S. The summed E-state index contributed by atoms with van der Waals surface area (Å²) in [5, 5.41) is 0. The Bertz CT molecular complexity index is 471. The smallest absolute Gasteiger partial charge is 0.243 e. The van der Waals surface area contributed by atoms with E-state index in [0.717, 1.165) is 5.56 Å². The quantitative estimate of drug-likeness (QED) is 0.861. The first-order valence-corrected chi connectivity index (χ1v) is 7.15. The van der Waals surface area contributed by atoms with Crippen LogP contribution in [0.15, 0.2) is 29.2 Å². The highest BCUT2D eigenvalue weighted by atomic mass is 32.2. The number of nitrogens with zero attached hydrogens (tertiary/aromatic N) is 1. The molecule has 17 heavy (non-hydrogen) atoms. The lowest BCUT2D eigenvalue weighted by molar-refractivity contribution is 0.394. The third kappa shape index (κ3) is 2.86. The van der Waals surface area contributed by atoms with Gasteiger partial charge in [0.25, 0.3) is 0 Å². The van der Waals surface area contributed by atoms with Crippen LogP contribution < -0.4 is 5.73 Å². The van der Waals surface area contributed by atoms with Gasteiger partial charge in [0.1, 0.15) is 0 Å². The molecule has 1 atom stereocenters. The zero-order valence-electron chi connectivity index (χ0n) is 10.6. The molecule has 5 heteroatoms. The molecule has 0 spiro atoms. The van der Waals surface area contributed by atoms with E-state index in [0.29, 0.717) is 17.9 Å². The number of hydrogen-bond donors (Lipinski definition) is 1. The van der Waals surface area contributed by atoms with Gasteiger partial charge < -0.3 is 5.73 Å². The van der Waals surface area contributed by atoms with Crippen molar-refractivity contribution in [2.75, 3.05) is 13.6 Å². The molecule has 4 nitrogen and oxygen atoms in total. The molecule has 1 rings (SSSR count). The lowest BCUT2D eigenvalue weighted by Crippen LogP contribution is -2.39. The Kier molecular flexibility index (Phi) is 4.68. The summed E-state index contributed by atoms with van der Waals surface area (Å²) >= 11 is 0. The number of hydrogen-bond acceptors (Lipinski definition) is 3. The molecule has 0 aliphatic carbocycles. The average molecular weight is 256 g/mol. The van der Waals surface area contributed by atoms with E-state index in [2.05, 4.69) is 0 Å². The molecule has 1 aromatic rings. The van der Waals surface area contributed by atoms with Gasteiger partial charge in [-0.05, 0) is 25.0 Å². The molecule has 2 N–H and O–H groups in total. The number of benzene rings is 1. The van der Waals surface area contributed by atoms with Crippen LogP contribution in [0.4, 0.5) is 0 Å². The Hall–Kier alpha value is -0.910. The van der Waals surface area contributed by atoms with Gasteiger partial charge in [-0.2, -0.15) is 4.31 Å². The van der Waals surface area contributed by atoms with E-state index >= 15 is 0 Å². The molecule has 0 saturated heterocycles. The van der Waals surface area contributed by atoms with Gasteiger partial charge in [-0.15, -0.1) is 0 Å². The molecule has 0 fully saturated rings. The first-order valence-electron chi connectivity index (χ1n) is 5.71. The Labute approximate surface area is 103 Å². The minimum absolute atomic E-state index is 0.204.